The largest absolute Gasteiger partial charge is 0.396 e. The highest BCUT2D eigenvalue weighted by atomic mass is 31.2. The fourth-order valence-electron chi connectivity index (χ4n) is 0.375. The summed E-state index contributed by atoms with van der Waals surface area (Å²) in [4.78, 5) is 16.4. The maximum atomic E-state index is 12.1. The summed E-state index contributed by atoms with van der Waals surface area (Å²) in [5.41, 5.74) is 0. The van der Waals surface area contributed by atoms with Crippen LogP contribution in [0.3, 0.4) is 0 Å². The van der Waals surface area contributed by atoms with E-state index >= 15 is 0 Å². The van der Waals surface area contributed by atoms with Crippen molar-refractivity contribution in [3.8, 4) is 0 Å². The van der Waals surface area contributed by atoms with Crippen molar-refractivity contribution in [2.24, 2.45) is 0 Å². The monoisotopic (exact) mass is 156 g/mol. The maximum Gasteiger partial charge on any atom is 0.201 e. The van der Waals surface area contributed by atoms with E-state index < -0.39 is 14.3 Å². The van der Waals surface area contributed by atoms with Crippen molar-refractivity contribution in [3.63, 3.8) is 0 Å². The Morgan fingerprint density at radius 1 is 1.44 bits per heavy atom. The van der Waals surface area contributed by atoms with Gasteiger partial charge in [0.15, 0.2) is 5.91 Å². The Bertz CT molecular complexity index is 70.8. The Hall–Kier alpha value is 0.240. The minimum absolute atomic E-state index is 0.0230. The second-order valence-corrected chi connectivity index (χ2v) is 2.82. The fourth-order valence-corrected chi connectivity index (χ4v) is 0.789. The molecule has 0 aromatic rings. The minimum Gasteiger partial charge on any atom is -0.396 e. The predicted molar refractivity (Wildman–Crippen MR) is 32.6 cm³/mol. The van der Waals surface area contributed by atoms with Crippen LogP contribution < -0.4 is 0 Å². The van der Waals surface area contributed by atoms with Gasteiger partial charge >= 0.3 is 0 Å². The molecule has 0 saturated carbocycles. The van der Waals surface area contributed by atoms with Gasteiger partial charge in [-0.3, -0.25) is 0 Å². The zero-order valence-electron chi connectivity index (χ0n) is 4.87. The van der Waals surface area contributed by atoms with Crippen molar-refractivity contribution in [1.29, 1.82) is 0 Å². The molecule has 5 heteroatoms. The molecule has 0 rings (SSSR count). The number of hydrogen-bond donors (Lipinski definition) is 3. The molecule has 0 amide bonds. The number of halogens is 1. The summed E-state index contributed by atoms with van der Waals surface area (Å²) in [6, 6.07) is 0. The van der Waals surface area contributed by atoms with Crippen LogP contribution in [0.2, 0.25) is 0 Å². The van der Waals surface area contributed by atoms with E-state index in [9.17, 15) is 4.39 Å². The van der Waals surface area contributed by atoms with Gasteiger partial charge in [0, 0.05) is 6.61 Å². The number of aliphatic hydroxyl groups is 1. The lowest BCUT2D eigenvalue weighted by Crippen LogP contribution is -1.98. The molecule has 0 aromatic carbocycles. The first-order valence-electron chi connectivity index (χ1n) is 2.60. The van der Waals surface area contributed by atoms with Crippen molar-refractivity contribution >= 4 is 8.38 Å². The molecule has 1 atom stereocenters. The van der Waals surface area contributed by atoms with E-state index in [1.54, 1.807) is 0 Å². The van der Waals surface area contributed by atoms with Crippen LogP contribution in [0.15, 0.2) is 0 Å². The van der Waals surface area contributed by atoms with Crippen LogP contribution in [-0.2, 0) is 0 Å². The first-order chi connectivity index (χ1) is 4.18. The molecule has 0 fully saturated rings. The topological polar surface area (TPSA) is 60.7 Å². The lowest BCUT2D eigenvalue weighted by Gasteiger charge is -2.06. The van der Waals surface area contributed by atoms with Gasteiger partial charge < -0.3 is 14.9 Å². The fraction of sp³-hybridized carbons (Fsp3) is 1.00. The summed E-state index contributed by atoms with van der Waals surface area (Å²) in [5.74, 6) is -1.56. The molecule has 0 aliphatic rings. The third-order valence-corrected chi connectivity index (χ3v) is 1.61. The summed E-state index contributed by atoms with van der Waals surface area (Å²) in [5, 5.41) is 8.17. The molecule has 0 aliphatic carbocycles. The van der Waals surface area contributed by atoms with E-state index in [1.807, 2.05) is 0 Å². The first-order valence-corrected chi connectivity index (χ1v) is 3.92. The third kappa shape index (κ3) is 4.73. The van der Waals surface area contributed by atoms with E-state index in [0.717, 1.165) is 0 Å². The van der Waals surface area contributed by atoms with Gasteiger partial charge in [-0.05, 0) is 12.8 Å². The maximum absolute atomic E-state index is 12.1. The van der Waals surface area contributed by atoms with Crippen molar-refractivity contribution in [2.75, 3.05) is 6.61 Å². The minimum atomic E-state index is -2.45. The van der Waals surface area contributed by atoms with Crippen LogP contribution in [0.4, 0.5) is 4.39 Å². The molecule has 56 valence electrons. The SMILES string of the molecule is OCCCC(F)P(O)O. The van der Waals surface area contributed by atoms with Crippen LogP contribution in [0.5, 0.6) is 0 Å². The quantitative estimate of drug-likeness (QED) is 0.514. The second kappa shape index (κ2) is 5.06. The van der Waals surface area contributed by atoms with E-state index in [1.165, 1.54) is 0 Å². The van der Waals surface area contributed by atoms with Gasteiger partial charge in [0.1, 0.15) is 0 Å². The highest BCUT2D eigenvalue weighted by Crippen LogP contribution is 2.34. The number of rotatable bonds is 4. The molecular weight excluding hydrogens is 146 g/mol. The normalized spacial score (nSPS) is 14.3. The summed E-state index contributed by atoms with van der Waals surface area (Å²) in [6.07, 6.45) is 0.302. The lowest BCUT2D eigenvalue weighted by molar-refractivity contribution is 0.263. The Morgan fingerprint density at radius 2 is 2.00 bits per heavy atom. The van der Waals surface area contributed by atoms with Gasteiger partial charge in [0.2, 0.25) is 8.38 Å². The van der Waals surface area contributed by atoms with Gasteiger partial charge in [0.25, 0.3) is 0 Å². The zero-order valence-corrected chi connectivity index (χ0v) is 5.76. The summed E-state index contributed by atoms with van der Waals surface area (Å²) in [7, 11) is -2.45. The van der Waals surface area contributed by atoms with E-state index in [2.05, 4.69) is 0 Å². The van der Waals surface area contributed by atoms with Gasteiger partial charge in [0.05, 0.1) is 0 Å². The van der Waals surface area contributed by atoms with Crippen molar-refractivity contribution in [1.82, 2.24) is 0 Å². The summed E-state index contributed by atoms with van der Waals surface area (Å²) < 4.78 is 12.1. The molecule has 0 saturated heterocycles. The van der Waals surface area contributed by atoms with Crippen LogP contribution >= 0.6 is 8.38 Å². The smallest absolute Gasteiger partial charge is 0.201 e. The van der Waals surface area contributed by atoms with Crippen LogP contribution in [-0.4, -0.2) is 27.4 Å². The van der Waals surface area contributed by atoms with E-state index in [-0.39, 0.29) is 19.4 Å². The number of alkyl halides is 1. The van der Waals surface area contributed by atoms with Crippen LogP contribution in [0, 0.1) is 0 Å². The Morgan fingerprint density at radius 3 is 2.33 bits per heavy atom. The van der Waals surface area contributed by atoms with E-state index in [0.29, 0.717) is 0 Å². The highest BCUT2D eigenvalue weighted by Gasteiger charge is 2.14. The molecule has 0 aromatic heterocycles. The molecule has 1 unspecified atom stereocenters. The van der Waals surface area contributed by atoms with Gasteiger partial charge in [-0.15, -0.1) is 0 Å². The molecule has 9 heavy (non-hydrogen) atoms. The van der Waals surface area contributed by atoms with Gasteiger partial charge in [-0.2, -0.15) is 0 Å². The third-order valence-electron chi connectivity index (χ3n) is 0.851. The standard InChI is InChI=1S/C4H10FO3P/c5-4(9(7)8)2-1-3-6/h4,6-8H,1-3H2. The predicted octanol–water partition coefficient (Wildman–Crippen LogP) is 0.351. The van der Waals surface area contributed by atoms with Crippen molar-refractivity contribution < 1.29 is 19.3 Å². The molecule has 3 nitrogen and oxygen atoms in total. The van der Waals surface area contributed by atoms with Gasteiger partial charge in [-0.1, -0.05) is 0 Å². The van der Waals surface area contributed by atoms with Crippen molar-refractivity contribution in [2.45, 2.75) is 18.8 Å². The van der Waals surface area contributed by atoms with E-state index in [4.69, 9.17) is 14.9 Å². The average molecular weight is 156 g/mol. The highest BCUT2D eigenvalue weighted by molar-refractivity contribution is 7.45. The Kier molecular flexibility index (Phi) is 5.19. The Labute approximate surface area is 54.1 Å². The average Bonchev–Trinajstić information content (AvgIpc) is 1.82. The van der Waals surface area contributed by atoms with Crippen molar-refractivity contribution in [3.05, 3.63) is 0 Å². The number of hydrogen-bond acceptors (Lipinski definition) is 3. The zero-order chi connectivity index (χ0) is 7.28. The lowest BCUT2D eigenvalue weighted by atomic mass is 10.3. The molecular formula is C4H10FO3P. The molecule has 0 radical (unpaired) electrons. The van der Waals surface area contributed by atoms with Crippen LogP contribution in [0.1, 0.15) is 12.8 Å². The molecule has 0 aliphatic heterocycles. The molecule has 0 spiro atoms. The second-order valence-electron chi connectivity index (χ2n) is 1.62. The molecule has 0 heterocycles. The van der Waals surface area contributed by atoms with Crippen LogP contribution in [0.25, 0.3) is 0 Å². The molecule has 3 N–H and O–H groups in total. The van der Waals surface area contributed by atoms with Gasteiger partial charge in [-0.25, -0.2) is 4.39 Å². The Balaban J connectivity index is 3.16. The summed E-state index contributed by atoms with van der Waals surface area (Å²) >= 11 is 0. The number of aliphatic hydroxyl groups excluding tert-OH is 1. The summed E-state index contributed by atoms with van der Waals surface area (Å²) in [6.45, 7) is -0.108. The first kappa shape index (κ1) is 9.24. The molecule has 0 bridgehead atoms.